The van der Waals surface area contributed by atoms with Crippen molar-refractivity contribution in [2.24, 2.45) is 0 Å². The van der Waals surface area contributed by atoms with Gasteiger partial charge in [-0.1, -0.05) is 291 Å². The molecule has 9 nitrogen and oxygen atoms in total. The highest BCUT2D eigenvalue weighted by molar-refractivity contribution is 6.18. The largest absolute Gasteiger partial charge is 0.309 e. The van der Waals surface area contributed by atoms with Crippen LogP contribution in [0, 0.1) is 0 Å². The molecule has 7 aromatic heterocycles. The van der Waals surface area contributed by atoms with Gasteiger partial charge in [0.2, 0.25) is 11.9 Å². The van der Waals surface area contributed by atoms with E-state index in [1.165, 1.54) is 43.1 Å². The van der Waals surface area contributed by atoms with Crippen molar-refractivity contribution in [3.05, 3.63) is 443 Å². The van der Waals surface area contributed by atoms with Gasteiger partial charge in [0, 0.05) is 92.9 Å². The van der Waals surface area contributed by atoms with Gasteiger partial charge >= 0.3 is 0 Å². The van der Waals surface area contributed by atoms with E-state index in [0.29, 0.717) is 17.7 Å². The van der Waals surface area contributed by atoms with Crippen molar-refractivity contribution in [2.45, 2.75) is 0 Å². The Morgan fingerprint density at radius 2 is 0.365 bits per heavy atom. The normalized spacial score (nSPS) is 12.0. The molecule has 0 aliphatic rings. The summed E-state index contributed by atoms with van der Waals surface area (Å²) >= 11 is 0. The maximum atomic E-state index is 6.11. The number of hydrogen-bond donors (Lipinski definition) is 0. The second kappa shape index (κ2) is 28.3. The van der Waals surface area contributed by atoms with E-state index in [2.05, 4.69) is 470 Å². The smallest absolute Gasteiger partial charge is 0.240 e. The van der Waals surface area contributed by atoms with Gasteiger partial charge in [-0.05, 0) is 218 Å². The maximum Gasteiger partial charge on any atom is 0.240 e. The van der Waals surface area contributed by atoms with Crippen LogP contribution in [0.2, 0.25) is 0 Å². The van der Waals surface area contributed by atoms with Gasteiger partial charge in [-0.15, -0.1) is 0 Å². The Bertz CT molecular complexity index is 8070. The van der Waals surface area contributed by atoms with E-state index in [4.69, 9.17) is 15.0 Å². The molecular weight excluding hydrogens is 1530 g/mol. The van der Waals surface area contributed by atoms with Crippen molar-refractivity contribution >= 4 is 131 Å². The molecule has 126 heavy (non-hydrogen) atoms. The molecule has 0 atom stereocenters. The van der Waals surface area contributed by atoms with Gasteiger partial charge in [0.25, 0.3) is 0 Å². The quantitative estimate of drug-likeness (QED) is 0.116. The Morgan fingerprint density at radius 3 is 0.690 bits per heavy atom. The molecule has 0 bridgehead atoms. The SMILES string of the molecule is c1ccc(-c2ccccc2-c2cccc(-c3nc(-n4c5cc(-c6ccc7c(c6)c6ccccc6n7-c6ccccc6)ccc5c5ccc(-c6ccc7c(c6)c6ccccc6n7-c6ccccc6)cc54)nc(-n4c5cc(-c6ccc7c(c6)c6ccccc6n7-c6ccccc6)ccc5c5ccc(-c6ccc7c(c6)c6ccccc6n7-c6ccccc6)cc54)n3)c2)cc1. The third kappa shape index (κ3) is 11.2. The first-order chi connectivity index (χ1) is 62.5. The van der Waals surface area contributed by atoms with E-state index in [1.807, 2.05) is 0 Å². The van der Waals surface area contributed by atoms with E-state index < -0.39 is 0 Å². The van der Waals surface area contributed by atoms with Gasteiger partial charge in [0.05, 0.1) is 66.2 Å². The molecule has 0 N–H and O–H groups in total. The van der Waals surface area contributed by atoms with Gasteiger partial charge in [0.15, 0.2) is 5.82 Å². The van der Waals surface area contributed by atoms with Crippen LogP contribution in [-0.4, -0.2) is 42.4 Å². The fourth-order valence-corrected chi connectivity index (χ4v) is 20.3. The summed E-state index contributed by atoms with van der Waals surface area (Å²) in [4.78, 5) is 18.0. The van der Waals surface area contributed by atoms with Gasteiger partial charge in [-0.25, -0.2) is 0 Å². The third-order valence-electron chi connectivity index (χ3n) is 26.1. The van der Waals surface area contributed by atoms with Crippen LogP contribution in [0.5, 0.6) is 0 Å². The first kappa shape index (κ1) is 70.8. The molecule has 9 heteroatoms. The van der Waals surface area contributed by atoms with Crippen molar-refractivity contribution in [1.82, 2.24) is 42.4 Å². The number of para-hydroxylation sites is 8. The zero-order chi connectivity index (χ0) is 82.6. The van der Waals surface area contributed by atoms with Crippen LogP contribution in [0.4, 0.5) is 0 Å². The third-order valence-corrected chi connectivity index (χ3v) is 26.1. The number of hydrogen-bond acceptors (Lipinski definition) is 3. The molecule has 0 unspecified atom stereocenters. The average Bonchev–Trinajstić information content (AvgIpc) is 1.49. The molecule has 19 aromatic carbocycles. The van der Waals surface area contributed by atoms with Crippen LogP contribution >= 0.6 is 0 Å². The molecule has 26 rings (SSSR count). The summed E-state index contributed by atoms with van der Waals surface area (Å²) in [5.41, 5.74) is 31.2. The summed E-state index contributed by atoms with van der Waals surface area (Å²) in [5, 5.41) is 13.7. The minimum absolute atomic E-state index is 0.463. The van der Waals surface area contributed by atoms with E-state index in [-0.39, 0.29) is 0 Å². The molecule has 0 aliphatic carbocycles. The average molecular weight is 1600 g/mol. The number of aromatic nitrogens is 9. The van der Waals surface area contributed by atoms with Crippen molar-refractivity contribution in [1.29, 1.82) is 0 Å². The van der Waals surface area contributed by atoms with E-state index >= 15 is 0 Å². The topological polar surface area (TPSA) is 68.2 Å². The second-order valence-corrected chi connectivity index (χ2v) is 33.0. The van der Waals surface area contributed by atoms with Gasteiger partial charge in [0.1, 0.15) is 0 Å². The first-order valence-corrected chi connectivity index (χ1v) is 43.0. The van der Waals surface area contributed by atoms with E-state index in [9.17, 15) is 0 Å². The minimum Gasteiger partial charge on any atom is -0.309 e. The van der Waals surface area contributed by atoms with Gasteiger partial charge in [-0.3, -0.25) is 9.13 Å². The molecule has 0 saturated heterocycles. The van der Waals surface area contributed by atoms with Crippen LogP contribution in [0.15, 0.2) is 443 Å². The Morgan fingerprint density at radius 1 is 0.127 bits per heavy atom. The Labute approximate surface area is 724 Å². The standard InChI is InChI=1S/C117H73N9/c1-6-27-74(28-7-1)89-39-16-17-40-90(89)83-29-26-30-84(65-83)115-118-116(125-111-70-79(75-53-61-107-99(66-75)91-41-18-22-45-103(91)121(107)85-31-8-2-9-32-85)49-57-95(111)96-58-50-80(71-112(96)125)76-54-62-108-100(67-76)92-42-19-23-46-104(92)122(108)86-33-10-3-11-34-86)120-117(119-115)126-113-72-81(77-55-63-109-101(68-77)93-43-20-24-47-105(93)123(109)87-35-12-4-13-36-87)51-59-97(113)98-60-52-82(73-114(98)126)78-56-64-110-102(69-78)94-44-21-25-48-106(94)124(110)88-37-14-5-15-38-88/h1-73H. The molecule has 26 aromatic rings. The second-order valence-electron chi connectivity index (χ2n) is 33.0. The van der Waals surface area contributed by atoms with Gasteiger partial charge in [-0.2, -0.15) is 15.0 Å². The summed E-state index contributed by atoms with van der Waals surface area (Å²) in [6, 6.07) is 162. The van der Waals surface area contributed by atoms with Crippen LogP contribution in [-0.2, 0) is 0 Å². The predicted molar refractivity (Wildman–Crippen MR) is 524 cm³/mol. The zero-order valence-corrected chi connectivity index (χ0v) is 68.2. The highest BCUT2D eigenvalue weighted by Gasteiger charge is 2.27. The lowest BCUT2D eigenvalue weighted by molar-refractivity contribution is 0.893. The highest BCUT2D eigenvalue weighted by Crippen LogP contribution is 2.46. The summed E-state index contributed by atoms with van der Waals surface area (Å²) < 4.78 is 14.2. The molecule has 0 spiro atoms. The fourth-order valence-electron chi connectivity index (χ4n) is 20.3. The lowest BCUT2D eigenvalue weighted by Gasteiger charge is -2.15. The number of benzene rings is 19. The molecule has 0 amide bonds. The van der Waals surface area contributed by atoms with Gasteiger partial charge < -0.3 is 18.3 Å². The maximum absolute atomic E-state index is 6.11. The predicted octanol–water partition coefficient (Wildman–Crippen LogP) is 30.1. The summed E-state index contributed by atoms with van der Waals surface area (Å²) in [7, 11) is 0. The fraction of sp³-hybridized carbons (Fsp3) is 0. The molecule has 0 saturated carbocycles. The number of fused-ring (bicyclic) bond motifs is 18. The van der Waals surface area contributed by atoms with E-state index in [0.717, 1.165) is 183 Å². The molecule has 0 aliphatic heterocycles. The Kier molecular flexibility index (Phi) is 15.9. The first-order valence-electron chi connectivity index (χ1n) is 43.0. The Balaban J connectivity index is 0.745. The summed E-state index contributed by atoms with van der Waals surface area (Å²) in [5.74, 6) is 1.44. The molecule has 7 heterocycles. The van der Waals surface area contributed by atoms with Crippen LogP contribution in [0.25, 0.3) is 244 Å². The molecular formula is C117H73N9. The van der Waals surface area contributed by atoms with Crippen molar-refractivity contribution in [2.75, 3.05) is 0 Å². The van der Waals surface area contributed by atoms with Crippen molar-refractivity contribution in [3.8, 4) is 113 Å². The molecule has 0 fully saturated rings. The lowest BCUT2D eigenvalue weighted by Crippen LogP contribution is -2.10. The summed E-state index contributed by atoms with van der Waals surface area (Å²) in [6.07, 6.45) is 0. The van der Waals surface area contributed by atoms with E-state index in [1.54, 1.807) is 0 Å². The molecule has 0 radical (unpaired) electrons. The Hall–Kier alpha value is -17.0. The zero-order valence-electron chi connectivity index (χ0n) is 68.2. The minimum atomic E-state index is 0.463. The monoisotopic (exact) mass is 1600 g/mol. The summed E-state index contributed by atoms with van der Waals surface area (Å²) in [6.45, 7) is 0. The molecule has 586 valence electrons. The van der Waals surface area contributed by atoms with Crippen LogP contribution < -0.4 is 0 Å². The van der Waals surface area contributed by atoms with Crippen LogP contribution in [0.1, 0.15) is 0 Å². The van der Waals surface area contributed by atoms with Crippen molar-refractivity contribution < 1.29 is 0 Å². The number of nitrogens with zero attached hydrogens (tertiary/aromatic N) is 9. The highest BCUT2D eigenvalue weighted by atomic mass is 15.3. The van der Waals surface area contributed by atoms with Crippen LogP contribution in [0.3, 0.4) is 0 Å². The lowest BCUT2D eigenvalue weighted by atomic mass is 9.94. The van der Waals surface area contributed by atoms with Crippen molar-refractivity contribution in [3.63, 3.8) is 0 Å². The number of rotatable bonds is 13.